The number of aromatic nitrogens is 2. The lowest BCUT2D eigenvalue weighted by Gasteiger charge is -2.14. The minimum atomic E-state index is -1.04. The van der Waals surface area contributed by atoms with Crippen molar-refractivity contribution >= 4 is 76.1 Å². The number of halogens is 2. The number of nitrogens with one attached hydrogen (secondary N) is 1. The first-order chi connectivity index (χ1) is 14.3. The minimum absolute atomic E-state index is 0.215. The van der Waals surface area contributed by atoms with Crippen molar-refractivity contribution in [2.45, 2.75) is 17.4 Å². The molecule has 0 saturated carbocycles. The first kappa shape index (κ1) is 22.8. The third kappa shape index (κ3) is 5.22. The smallest absolute Gasteiger partial charge is 0.338 e. The van der Waals surface area contributed by atoms with Crippen molar-refractivity contribution in [3.05, 3.63) is 62.0 Å². The van der Waals surface area contributed by atoms with Gasteiger partial charge in [-0.15, -0.1) is 5.10 Å². The van der Waals surface area contributed by atoms with Gasteiger partial charge in [-0.05, 0) is 61.8 Å². The Balaban J connectivity index is 1.66. The molecule has 0 saturated heterocycles. The van der Waals surface area contributed by atoms with Gasteiger partial charge in [-0.25, -0.2) is 9.48 Å². The molecular weight excluding hydrogens is 485 g/mol. The van der Waals surface area contributed by atoms with Gasteiger partial charge in [0.05, 0.1) is 27.0 Å². The van der Waals surface area contributed by atoms with Crippen LogP contribution in [0.2, 0.25) is 10.0 Å². The van der Waals surface area contributed by atoms with Crippen LogP contribution in [0.15, 0.2) is 46.8 Å². The number of anilines is 1. The van der Waals surface area contributed by atoms with Crippen molar-refractivity contribution < 1.29 is 14.3 Å². The zero-order valence-electron chi connectivity index (χ0n) is 15.7. The van der Waals surface area contributed by atoms with Crippen LogP contribution in [-0.4, -0.2) is 34.0 Å². The first-order valence-corrected chi connectivity index (χ1v) is 11.7. The van der Waals surface area contributed by atoms with Crippen molar-refractivity contribution in [1.29, 1.82) is 0 Å². The average Bonchev–Trinajstić information content (AvgIpc) is 3.12. The van der Waals surface area contributed by atoms with Gasteiger partial charge in [0.1, 0.15) is 0 Å². The number of benzene rings is 2. The normalized spacial score (nSPS) is 11.7. The summed E-state index contributed by atoms with van der Waals surface area (Å²) in [6.45, 7) is 1.47. The summed E-state index contributed by atoms with van der Waals surface area (Å²) in [5.41, 5.74) is 1.37. The quantitative estimate of drug-likeness (QED) is 0.259. The molecule has 0 radical (unpaired) electrons. The maximum atomic E-state index is 12.4. The highest BCUT2D eigenvalue weighted by molar-refractivity contribution is 8.00. The molecule has 2 aromatic carbocycles. The molecule has 30 heavy (non-hydrogen) atoms. The molecule has 11 heteroatoms. The standard InChI is InChI=1S/C19H15Cl2N3O3S3/c1-10(16(25)22-14-5-3-4-13(20)15(14)21)27-17(26)11-6-8-12(9-7-11)24-19(28)30-18(23-24)29-2/h3-10H,1-2H3,(H,22,25). The van der Waals surface area contributed by atoms with Crippen molar-refractivity contribution in [3.8, 4) is 5.69 Å². The van der Waals surface area contributed by atoms with E-state index < -0.39 is 18.0 Å². The van der Waals surface area contributed by atoms with Crippen LogP contribution in [0.25, 0.3) is 5.69 Å². The van der Waals surface area contributed by atoms with Crippen molar-refractivity contribution in [1.82, 2.24) is 9.78 Å². The first-order valence-electron chi connectivity index (χ1n) is 8.50. The molecule has 0 aliphatic rings. The maximum absolute atomic E-state index is 12.4. The Morgan fingerprint density at radius 2 is 1.93 bits per heavy atom. The van der Waals surface area contributed by atoms with Crippen LogP contribution in [0, 0.1) is 3.95 Å². The number of carbonyl (C=O) groups is 2. The number of thioether (sulfide) groups is 1. The number of nitrogens with zero attached hydrogens (tertiary/aromatic N) is 2. The number of esters is 1. The molecule has 1 unspecified atom stereocenters. The summed E-state index contributed by atoms with van der Waals surface area (Å²) in [6.07, 6.45) is 0.887. The molecule has 6 nitrogen and oxygen atoms in total. The Bertz CT molecular complexity index is 1150. The number of hydrogen-bond donors (Lipinski definition) is 1. The van der Waals surface area contributed by atoms with E-state index in [2.05, 4.69) is 10.4 Å². The van der Waals surface area contributed by atoms with E-state index in [-0.39, 0.29) is 5.02 Å². The summed E-state index contributed by atoms with van der Waals surface area (Å²) in [6, 6.07) is 11.5. The SMILES string of the molecule is CSc1nn(-c2ccc(C(=O)OC(C)C(=O)Nc3cccc(Cl)c3Cl)cc2)c(=S)s1. The van der Waals surface area contributed by atoms with E-state index in [1.807, 2.05) is 6.26 Å². The van der Waals surface area contributed by atoms with Crippen LogP contribution in [0.3, 0.4) is 0 Å². The lowest BCUT2D eigenvalue weighted by atomic mass is 10.2. The fourth-order valence-electron chi connectivity index (χ4n) is 2.36. The van der Waals surface area contributed by atoms with Gasteiger partial charge in [0.2, 0.25) is 0 Å². The van der Waals surface area contributed by atoms with Gasteiger partial charge in [-0.1, -0.05) is 52.4 Å². The Kier molecular flexibility index (Phi) is 7.54. The molecule has 0 aliphatic carbocycles. The lowest BCUT2D eigenvalue weighted by Crippen LogP contribution is -2.30. The number of rotatable bonds is 6. The van der Waals surface area contributed by atoms with E-state index in [0.29, 0.717) is 20.2 Å². The van der Waals surface area contributed by atoms with E-state index in [4.69, 9.17) is 40.2 Å². The number of hydrogen-bond acceptors (Lipinski definition) is 7. The molecule has 156 valence electrons. The summed E-state index contributed by atoms with van der Waals surface area (Å²) in [5.74, 6) is -1.16. The van der Waals surface area contributed by atoms with Crippen LogP contribution >= 0.6 is 58.5 Å². The van der Waals surface area contributed by atoms with Gasteiger partial charge < -0.3 is 10.1 Å². The third-order valence-electron chi connectivity index (χ3n) is 3.91. The molecule has 0 aliphatic heterocycles. The molecule has 1 atom stereocenters. The summed E-state index contributed by atoms with van der Waals surface area (Å²) in [5, 5.41) is 7.52. The zero-order valence-corrected chi connectivity index (χ0v) is 19.7. The molecule has 1 aromatic heterocycles. The van der Waals surface area contributed by atoms with Crippen LogP contribution in [0.1, 0.15) is 17.3 Å². The topological polar surface area (TPSA) is 73.2 Å². The van der Waals surface area contributed by atoms with Gasteiger partial charge in [-0.2, -0.15) is 0 Å². The predicted octanol–water partition coefficient (Wildman–Crippen LogP) is 5.88. The second kappa shape index (κ2) is 9.93. The van der Waals surface area contributed by atoms with Gasteiger partial charge >= 0.3 is 5.97 Å². The van der Waals surface area contributed by atoms with Gasteiger partial charge in [0.25, 0.3) is 5.91 Å². The Morgan fingerprint density at radius 3 is 2.57 bits per heavy atom. The van der Waals surface area contributed by atoms with E-state index in [1.54, 1.807) is 47.1 Å². The number of ether oxygens (including phenoxy) is 1. The van der Waals surface area contributed by atoms with Crippen LogP contribution in [-0.2, 0) is 9.53 Å². The number of carbonyl (C=O) groups excluding carboxylic acids is 2. The van der Waals surface area contributed by atoms with Gasteiger partial charge in [-0.3, -0.25) is 4.79 Å². The van der Waals surface area contributed by atoms with Gasteiger partial charge in [0.15, 0.2) is 14.4 Å². The molecule has 0 spiro atoms. The fourth-order valence-corrected chi connectivity index (χ4v) is 4.49. The third-order valence-corrected chi connectivity index (χ3v) is 6.94. The predicted molar refractivity (Wildman–Crippen MR) is 124 cm³/mol. The highest BCUT2D eigenvalue weighted by atomic mass is 35.5. The fraction of sp³-hybridized carbons (Fsp3) is 0.158. The molecular formula is C19H15Cl2N3O3S3. The molecule has 1 heterocycles. The highest BCUT2D eigenvalue weighted by Gasteiger charge is 2.20. The van der Waals surface area contributed by atoms with Crippen molar-refractivity contribution in [2.24, 2.45) is 0 Å². The maximum Gasteiger partial charge on any atom is 0.338 e. The monoisotopic (exact) mass is 499 g/mol. The second-order valence-corrected chi connectivity index (χ2v) is 9.40. The Hall–Kier alpha value is -1.91. The molecule has 0 fully saturated rings. The van der Waals surface area contributed by atoms with Crippen molar-refractivity contribution in [3.63, 3.8) is 0 Å². The van der Waals surface area contributed by atoms with Crippen LogP contribution < -0.4 is 5.32 Å². The van der Waals surface area contributed by atoms with E-state index in [9.17, 15) is 9.59 Å². The largest absolute Gasteiger partial charge is 0.449 e. The Labute approximate surface area is 196 Å². The van der Waals surface area contributed by atoms with E-state index in [0.717, 1.165) is 10.0 Å². The van der Waals surface area contributed by atoms with Gasteiger partial charge in [0, 0.05) is 0 Å². The molecule has 0 bridgehead atoms. The van der Waals surface area contributed by atoms with E-state index >= 15 is 0 Å². The van der Waals surface area contributed by atoms with Crippen LogP contribution in [0.4, 0.5) is 5.69 Å². The zero-order chi connectivity index (χ0) is 21.8. The molecule has 1 N–H and O–H groups in total. The summed E-state index contributed by atoms with van der Waals surface area (Å²) in [4.78, 5) is 24.7. The lowest BCUT2D eigenvalue weighted by molar-refractivity contribution is -0.123. The minimum Gasteiger partial charge on any atom is -0.449 e. The Morgan fingerprint density at radius 1 is 1.23 bits per heavy atom. The summed E-state index contributed by atoms with van der Waals surface area (Å²) >= 11 is 20.2. The number of amides is 1. The summed E-state index contributed by atoms with van der Waals surface area (Å²) < 4.78 is 8.35. The van der Waals surface area contributed by atoms with Crippen molar-refractivity contribution in [2.75, 3.05) is 11.6 Å². The molecule has 3 aromatic rings. The molecule has 1 amide bonds. The van der Waals surface area contributed by atoms with Crippen LogP contribution in [0.5, 0.6) is 0 Å². The van der Waals surface area contributed by atoms with E-state index in [1.165, 1.54) is 30.0 Å². The molecule has 3 rings (SSSR count). The summed E-state index contributed by atoms with van der Waals surface area (Å²) in [7, 11) is 0. The second-order valence-electron chi connectivity index (χ2n) is 5.93. The average molecular weight is 500 g/mol. The highest BCUT2D eigenvalue weighted by Crippen LogP contribution is 2.29.